The van der Waals surface area contributed by atoms with E-state index in [1.807, 2.05) is 0 Å². The summed E-state index contributed by atoms with van der Waals surface area (Å²) in [6.07, 6.45) is 0. The average molecular weight is 165 g/mol. The van der Waals surface area contributed by atoms with Crippen molar-refractivity contribution in [3.05, 3.63) is 0 Å². The molecule has 0 saturated carbocycles. The van der Waals surface area contributed by atoms with Gasteiger partial charge in [0.25, 0.3) is 0 Å². The second kappa shape index (κ2) is 3.20. The molecule has 0 aliphatic carbocycles. The van der Waals surface area contributed by atoms with E-state index in [1.165, 1.54) is 0 Å². The van der Waals surface area contributed by atoms with Gasteiger partial charge in [-0.2, -0.15) is 0 Å². The predicted molar refractivity (Wildman–Crippen MR) is 44.9 cm³/mol. The normalized spacial score (nSPS) is 39.0. The minimum Gasteiger partial charge on any atom is -0.358 e. The fraction of sp³-hybridized carbons (Fsp3) is 1.00. The van der Waals surface area contributed by atoms with Crippen molar-refractivity contribution in [3.63, 3.8) is 0 Å². The second-order valence-corrected chi connectivity index (χ2v) is 3.67. The molecule has 3 unspecified atom stereocenters. The van der Waals surface area contributed by atoms with E-state index in [0.29, 0.717) is 0 Å². The third kappa shape index (κ3) is 2.42. The zero-order valence-electron chi connectivity index (χ0n) is 5.45. The van der Waals surface area contributed by atoms with Gasteiger partial charge in [-0.1, -0.05) is 0 Å². The van der Waals surface area contributed by atoms with Crippen molar-refractivity contribution in [2.45, 2.75) is 11.3 Å². The maximum Gasteiger partial charge on any atom is 0.114 e. The van der Waals surface area contributed by atoms with Crippen molar-refractivity contribution in [1.82, 2.24) is 4.90 Å². The molecule has 1 aliphatic heterocycles. The molecule has 2 nitrogen and oxygen atoms in total. The molecule has 0 aromatic heterocycles. The third-order valence-electron chi connectivity index (χ3n) is 1.29. The molecule has 3 atom stereocenters. The minimum atomic E-state index is 0.0891. The number of nitrogens with zero attached hydrogens (tertiary/aromatic N) is 1. The van der Waals surface area contributed by atoms with E-state index >= 15 is 0 Å². The highest BCUT2D eigenvalue weighted by Gasteiger charge is 2.19. The van der Waals surface area contributed by atoms with Crippen LogP contribution in [-0.4, -0.2) is 36.3 Å². The van der Waals surface area contributed by atoms with Gasteiger partial charge in [0.05, 0.1) is 5.85 Å². The van der Waals surface area contributed by atoms with Crippen LogP contribution in [0.4, 0.5) is 0 Å². The van der Waals surface area contributed by atoms with Crippen LogP contribution in [0.5, 0.6) is 0 Å². The SMILES string of the molecule is CN1CC(P)OC(S)C1. The number of hydrogen-bond acceptors (Lipinski definition) is 3. The Balaban J connectivity index is 2.34. The van der Waals surface area contributed by atoms with Gasteiger partial charge in [0.15, 0.2) is 0 Å². The summed E-state index contributed by atoms with van der Waals surface area (Å²) in [5.41, 5.74) is 0.0891. The Kier molecular flexibility index (Phi) is 2.77. The summed E-state index contributed by atoms with van der Waals surface area (Å²) in [6, 6.07) is 0. The lowest BCUT2D eigenvalue weighted by molar-refractivity contribution is 0.0100. The maximum absolute atomic E-state index is 5.34. The van der Waals surface area contributed by atoms with Crippen LogP contribution in [0.15, 0.2) is 0 Å². The summed E-state index contributed by atoms with van der Waals surface area (Å²) in [6.45, 7) is 1.91. The standard InChI is InChI=1S/C5H12NOPS/c1-6-2-4(8)7-5(9)3-6/h4-5,9H,2-3,8H2,1H3. The predicted octanol–water partition coefficient (Wildman–Crippen LogP) is 0.405. The van der Waals surface area contributed by atoms with Crippen LogP contribution < -0.4 is 0 Å². The van der Waals surface area contributed by atoms with E-state index in [1.54, 1.807) is 0 Å². The second-order valence-electron chi connectivity index (χ2n) is 2.35. The van der Waals surface area contributed by atoms with Crippen molar-refractivity contribution < 1.29 is 4.74 Å². The van der Waals surface area contributed by atoms with Crippen LogP contribution in [0, 0.1) is 0 Å². The summed E-state index contributed by atoms with van der Waals surface area (Å²) in [7, 11) is 4.71. The number of morpholine rings is 1. The maximum atomic E-state index is 5.34. The van der Waals surface area contributed by atoms with E-state index in [9.17, 15) is 0 Å². The summed E-state index contributed by atoms with van der Waals surface area (Å²) in [5, 5.41) is 0. The first-order valence-electron chi connectivity index (χ1n) is 2.96. The van der Waals surface area contributed by atoms with Crippen LogP contribution in [0.25, 0.3) is 0 Å². The van der Waals surface area contributed by atoms with Crippen LogP contribution in [0.1, 0.15) is 0 Å². The summed E-state index contributed by atoms with van der Waals surface area (Å²) in [5.74, 6) is 0.256. The quantitative estimate of drug-likeness (QED) is 0.412. The molecule has 1 rings (SSSR count). The highest BCUT2D eigenvalue weighted by molar-refractivity contribution is 7.80. The first kappa shape index (κ1) is 7.80. The summed E-state index contributed by atoms with van der Waals surface area (Å²) in [4.78, 5) is 2.21. The van der Waals surface area contributed by atoms with Gasteiger partial charge >= 0.3 is 0 Å². The Labute approximate surface area is 63.6 Å². The molecule has 0 bridgehead atoms. The Bertz CT molecular complexity index is 77.9. The molecular weight excluding hydrogens is 153 g/mol. The van der Waals surface area contributed by atoms with E-state index in [-0.39, 0.29) is 11.3 Å². The van der Waals surface area contributed by atoms with Crippen molar-refractivity contribution in [1.29, 1.82) is 0 Å². The van der Waals surface area contributed by atoms with Gasteiger partial charge in [-0.05, 0) is 7.05 Å². The number of hydrogen-bond donors (Lipinski definition) is 1. The zero-order valence-corrected chi connectivity index (χ0v) is 7.50. The molecule has 1 saturated heterocycles. The first-order chi connectivity index (χ1) is 4.18. The number of likely N-dealkylation sites (N-methyl/N-ethyl adjacent to an activating group) is 1. The molecule has 54 valence electrons. The van der Waals surface area contributed by atoms with Gasteiger partial charge in [0, 0.05) is 13.1 Å². The topological polar surface area (TPSA) is 12.5 Å². The molecule has 0 aromatic rings. The molecule has 1 heterocycles. The Hall–Kier alpha value is 0.700. The Morgan fingerprint density at radius 3 is 2.78 bits per heavy atom. The summed E-state index contributed by atoms with van der Waals surface area (Å²) < 4.78 is 5.34. The Morgan fingerprint density at radius 2 is 2.33 bits per heavy atom. The lowest BCUT2D eigenvalue weighted by Gasteiger charge is -2.31. The van der Waals surface area contributed by atoms with Crippen LogP contribution in [0.2, 0.25) is 0 Å². The fourth-order valence-corrected chi connectivity index (χ4v) is 2.05. The third-order valence-corrected chi connectivity index (χ3v) is 1.94. The van der Waals surface area contributed by atoms with E-state index in [4.69, 9.17) is 4.74 Å². The molecule has 1 aliphatic rings. The van der Waals surface area contributed by atoms with E-state index in [2.05, 4.69) is 33.8 Å². The molecule has 1 fully saturated rings. The molecule has 9 heavy (non-hydrogen) atoms. The highest BCUT2D eigenvalue weighted by Crippen LogP contribution is 2.15. The van der Waals surface area contributed by atoms with Crippen molar-refractivity contribution in [3.8, 4) is 0 Å². The molecule has 0 spiro atoms. The number of ether oxygens (including phenoxy) is 1. The van der Waals surface area contributed by atoms with Gasteiger partial charge in [-0.3, -0.25) is 4.90 Å². The monoisotopic (exact) mass is 165 g/mol. The summed E-state index contributed by atoms with van der Waals surface area (Å²) >= 11 is 4.20. The molecule has 0 N–H and O–H groups in total. The first-order valence-corrected chi connectivity index (χ1v) is 4.14. The Morgan fingerprint density at radius 1 is 1.67 bits per heavy atom. The molecule has 0 radical (unpaired) electrons. The van der Waals surface area contributed by atoms with Crippen molar-refractivity contribution in [2.24, 2.45) is 0 Å². The highest BCUT2D eigenvalue weighted by atomic mass is 32.1. The van der Waals surface area contributed by atoms with E-state index < -0.39 is 0 Å². The van der Waals surface area contributed by atoms with Gasteiger partial charge in [0.1, 0.15) is 5.44 Å². The van der Waals surface area contributed by atoms with Gasteiger partial charge < -0.3 is 4.74 Å². The zero-order chi connectivity index (χ0) is 6.85. The smallest absolute Gasteiger partial charge is 0.114 e. The van der Waals surface area contributed by atoms with Crippen molar-refractivity contribution in [2.75, 3.05) is 20.1 Å². The fourth-order valence-electron chi connectivity index (χ4n) is 0.936. The molecule has 4 heteroatoms. The van der Waals surface area contributed by atoms with Crippen molar-refractivity contribution >= 4 is 21.9 Å². The minimum absolute atomic E-state index is 0.0891. The van der Waals surface area contributed by atoms with Crippen LogP contribution in [-0.2, 0) is 4.74 Å². The van der Waals surface area contributed by atoms with Gasteiger partial charge in [-0.15, -0.1) is 21.9 Å². The van der Waals surface area contributed by atoms with Crippen LogP contribution in [0.3, 0.4) is 0 Å². The average Bonchev–Trinajstić information content (AvgIpc) is 1.59. The largest absolute Gasteiger partial charge is 0.358 e. The van der Waals surface area contributed by atoms with Crippen LogP contribution >= 0.6 is 21.9 Å². The lowest BCUT2D eigenvalue weighted by atomic mass is 10.5. The van der Waals surface area contributed by atoms with Gasteiger partial charge in [-0.25, -0.2) is 0 Å². The molecule has 0 amide bonds. The lowest BCUT2D eigenvalue weighted by Crippen LogP contribution is -2.40. The van der Waals surface area contributed by atoms with Gasteiger partial charge in [0.2, 0.25) is 0 Å². The number of rotatable bonds is 0. The molecule has 0 aromatic carbocycles. The number of thiol groups is 1. The molecular formula is C5H12NOPS. The van der Waals surface area contributed by atoms with E-state index in [0.717, 1.165) is 13.1 Å².